The van der Waals surface area contributed by atoms with Gasteiger partial charge in [0, 0.05) is 19.5 Å². The smallest absolute Gasteiger partial charge is 0.288 e. The van der Waals surface area contributed by atoms with Gasteiger partial charge in [0.15, 0.2) is 9.84 Å². The van der Waals surface area contributed by atoms with Crippen molar-refractivity contribution >= 4 is 22.1 Å². The SMILES string of the molecule is CC1CCN(Cn2nc(C[C@@H]3CCS(=O)(=O)C3)oc2=S)CC1. The van der Waals surface area contributed by atoms with Gasteiger partial charge >= 0.3 is 0 Å². The fraction of sp³-hybridized carbons (Fsp3) is 0.857. The zero-order chi connectivity index (χ0) is 15.7. The summed E-state index contributed by atoms with van der Waals surface area (Å²) in [5.74, 6) is 2.00. The minimum atomic E-state index is -2.86. The van der Waals surface area contributed by atoms with Gasteiger partial charge < -0.3 is 4.42 Å². The summed E-state index contributed by atoms with van der Waals surface area (Å²) < 4.78 is 30.3. The average molecular weight is 345 g/mol. The molecule has 0 radical (unpaired) electrons. The van der Waals surface area contributed by atoms with E-state index in [2.05, 4.69) is 16.9 Å². The first kappa shape index (κ1) is 16.1. The molecular weight excluding hydrogens is 322 g/mol. The average Bonchev–Trinajstić information content (AvgIpc) is 2.96. The zero-order valence-electron chi connectivity index (χ0n) is 12.9. The van der Waals surface area contributed by atoms with E-state index in [9.17, 15) is 8.42 Å². The minimum Gasteiger partial charge on any atom is -0.414 e. The molecule has 1 aromatic rings. The van der Waals surface area contributed by atoms with Crippen molar-refractivity contribution in [2.45, 2.75) is 39.3 Å². The van der Waals surface area contributed by atoms with Gasteiger partial charge in [-0.05, 0) is 43.3 Å². The fourth-order valence-corrected chi connectivity index (χ4v) is 5.25. The first-order valence-electron chi connectivity index (χ1n) is 7.91. The number of likely N-dealkylation sites (tertiary alicyclic amines) is 1. The number of hydrogen-bond acceptors (Lipinski definition) is 6. The van der Waals surface area contributed by atoms with Crippen LogP contribution in [0.4, 0.5) is 0 Å². The highest BCUT2D eigenvalue weighted by atomic mass is 32.2. The fourth-order valence-electron chi connectivity index (χ4n) is 3.19. The normalized spacial score (nSPS) is 26.5. The molecule has 1 aromatic heterocycles. The molecule has 0 aromatic carbocycles. The molecule has 0 amide bonds. The molecule has 6 nitrogen and oxygen atoms in total. The predicted molar refractivity (Wildman–Crippen MR) is 85.8 cm³/mol. The molecule has 2 aliphatic rings. The Morgan fingerprint density at radius 2 is 2.05 bits per heavy atom. The Morgan fingerprint density at radius 3 is 2.68 bits per heavy atom. The van der Waals surface area contributed by atoms with Gasteiger partial charge in [-0.1, -0.05) is 6.92 Å². The number of nitrogens with zero attached hydrogens (tertiary/aromatic N) is 3. The maximum atomic E-state index is 11.5. The summed E-state index contributed by atoms with van der Waals surface area (Å²) in [4.78, 5) is 2.72. The summed E-state index contributed by atoms with van der Waals surface area (Å²) in [5, 5.41) is 4.44. The molecule has 2 fully saturated rings. The van der Waals surface area contributed by atoms with Crippen LogP contribution < -0.4 is 0 Å². The molecule has 0 N–H and O–H groups in total. The molecule has 0 unspecified atom stereocenters. The summed E-state index contributed by atoms with van der Waals surface area (Å²) in [5.41, 5.74) is 0. The second-order valence-corrected chi connectivity index (χ2v) is 9.25. The van der Waals surface area contributed by atoms with E-state index in [-0.39, 0.29) is 17.4 Å². The summed E-state index contributed by atoms with van der Waals surface area (Å²) in [6.07, 6.45) is 3.67. The lowest BCUT2D eigenvalue weighted by Crippen LogP contribution is -2.34. The van der Waals surface area contributed by atoms with Crippen LogP contribution in [0, 0.1) is 16.7 Å². The van der Waals surface area contributed by atoms with E-state index in [0.717, 1.165) is 19.0 Å². The van der Waals surface area contributed by atoms with Gasteiger partial charge in [0.05, 0.1) is 18.2 Å². The molecule has 3 heterocycles. The van der Waals surface area contributed by atoms with Gasteiger partial charge in [-0.25, -0.2) is 13.1 Å². The van der Waals surface area contributed by atoms with Crippen molar-refractivity contribution < 1.29 is 12.8 Å². The molecule has 1 atom stereocenters. The largest absolute Gasteiger partial charge is 0.414 e. The molecule has 8 heteroatoms. The monoisotopic (exact) mass is 345 g/mol. The molecule has 0 spiro atoms. The third-order valence-corrected chi connectivity index (χ3v) is 6.78. The Balaban J connectivity index is 1.60. The Kier molecular flexibility index (Phi) is 4.70. The molecule has 2 aliphatic heterocycles. The maximum Gasteiger partial charge on any atom is 0.288 e. The van der Waals surface area contributed by atoms with Gasteiger partial charge in [-0.3, -0.25) is 4.90 Å². The lowest BCUT2D eigenvalue weighted by atomic mass is 10.00. The molecule has 0 saturated carbocycles. The second-order valence-electron chi connectivity index (χ2n) is 6.68. The van der Waals surface area contributed by atoms with Gasteiger partial charge in [-0.2, -0.15) is 0 Å². The molecule has 3 rings (SSSR count). The Morgan fingerprint density at radius 1 is 1.32 bits per heavy atom. The topological polar surface area (TPSA) is 68.3 Å². The van der Waals surface area contributed by atoms with Crippen LogP contribution in [0.15, 0.2) is 4.42 Å². The first-order valence-corrected chi connectivity index (χ1v) is 10.1. The number of aromatic nitrogens is 2. The Labute approximate surface area is 136 Å². The van der Waals surface area contributed by atoms with Gasteiger partial charge in [0.1, 0.15) is 0 Å². The molecule has 0 aliphatic carbocycles. The van der Waals surface area contributed by atoms with E-state index in [4.69, 9.17) is 16.6 Å². The first-order chi connectivity index (χ1) is 10.4. The van der Waals surface area contributed by atoms with Crippen molar-refractivity contribution in [2.75, 3.05) is 24.6 Å². The third-order valence-electron chi connectivity index (χ3n) is 4.65. The summed E-state index contributed by atoms with van der Waals surface area (Å²) >= 11 is 5.24. The number of hydrogen-bond donors (Lipinski definition) is 0. The van der Waals surface area contributed by atoms with E-state index in [1.807, 2.05) is 0 Å². The molecule has 0 bridgehead atoms. The van der Waals surface area contributed by atoms with Gasteiger partial charge in [0.2, 0.25) is 5.89 Å². The number of sulfone groups is 1. The lowest BCUT2D eigenvalue weighted by Gasteiger charge is -2.29. The highest BCUT2D eigenvalue weighted by molar-refractivity contribution is 7.91. The maximum absolute atomic E-state index is 11.5. The lowest BCUT2D eigenvalue weighted by molar-refractivity contribution is 0.144. The van der Waals surface area contributed by atoms with Gasteiger partial charge in [0.25, 0.3) is 4.84 Å². The molecule has 22 heavy (non-hydrogen) atoms. The standard InChI is InChI=1S/C14H23N3O3S2/c1-11-2-5-16(6-3-11)10-17-14(21)20-13(15-17)8-12-4-7-22(18,19)9-12/h11-12H,2-10H2,1H3/t12-/m0/s1. The van der Waals surface area contributed by atoms with E-state index in [1.165, 1.54) is 12.8 Å². The van der Waals surface area contributed by atoms with Crippen molar-refractivity contribution in [1.82, 2.24) is 14.7 Å². The number of piperidine rings is 1. The highest BCUT2D eigenvalue weighted by Crippen LogP contribution is 2.22. The molecule has 2 saturated heterocycles. The van der Waals surface area contributed by atoms with E-state index in [1.54, 1.807) is 4.68 Å². The highest BCUT2D eigenvalue weighted by Gasteiger charge is 2.29. The van der Waals surface area contributed by atoms with E-state index in [0.29, 0.717) is 30.2 Å². The van der Waals surface area contributed by atoms with Crippen LogP contribution in [-0.4, -0.2) is 47.7 Å². The molecule has 124 valence electrons. The van der Waals surface area contributed by atoms with Crippen LogP contribution in [0.5, 0.6) is 0 Å². The van der Waals surface area contributed by atoms with Crippen LogP contribution in [0.3, 0.4) is 0 Å². The number of rotatable bonds is 4. The Hall–Kier alpha value is -0.730. The van der Waals surface area contributed by atoms with Crippen LogP contribution in [0.25, 0.3) is 0 Å². The van der Waals surface area contributed by atoms with Crippen LogP contribution >= 0.6 is 12.2 Å². The quantitative estimate of drug-likeness (QED) is 0.776. The second kappa shape index (κ2) is 6.41. The third kappa shape index (κ3) is 3.97. The van der Waals surface area contributed by atoms with Crippen molar-refractivity contribution in [2.24, 2.45) is 11.8 Å². The van der Waals surface area contributed by atoms with E-state index >= 15 is 0 Å². The van der Waals surface area contributed by atoms with Crippen molar-refractivity contribution in [1.29, 1.82) is 0 Å². The van der Waals surface area contributed by atoms with E-state index < -0.39 is 9.84 Å². The van der Waals surface area contributed by atoms with Crippen LogP contribution in [0.2, 0.25) is 0 Å². The summed E-state index contributed by atoms with van der Waals surface area (Å²) in [6, 6.07) is 0. The molecular formula is C14H23N3O3S2. The zero-order valence-corrected chi connectivity index (χ0v) is 14.5. The van der Waals surface area contributed by atoms with Gasteiger partial charge in [-0.15, -0.1) is 5.10 Å². The predicted octanol–water partition coefficient (Wildman–Crippen LogP) is 1.87. The summed E-state index contributed by atoms with van der Waals surface area (Å²) in [7, 11) is -2.86. The minimum absolute atomic E-state index is 0.113. The van der Waals surface area contributed by atoms with Crippen molar-refractivity contribution in [3.8, 4) is 0 Å². The van der Waals surface area contributed by atoms with Crippen LogP contribution in [-0.2, 0) is 22.9 Å². The van der Waals surface area contributed by atoms with Crippen molar-refractivity contribution in [3.63, 3.8) is 0 Å². The van der Waals surface area contributed by atoms with Crippen molar-refractivity contribution in [3.05, 3.63) is 10.7 Å². The summed E-state index contributed by atoms with van der Waals surface area (Å²) in [6.45, 7) is 5.07. The Bertz CT molecular complexity index is 672. The van der Waals surface area contributed by atoms with Crippen LogP contribution in [0.1, 0.15) is 32.1 Å².